The molecule has 2 aliphatic heterocycles. The topological polar surface area (TPSA) is 61.6 Å². The second-order valence-electron chi connectivity index (χ2n) is 5.31. The fraction of sp³-hybridized carbons (Fsp3) is 0.615. The lowest BCUT2D eigenvalue weighted by Gasteiger charge is -2.37. The highest BCUT2D eigenvalue weighted by Crippen LogP contribution is 2.24. The summed E-state index contributed by atoms with van der Waals surface area (Å²) in [5.74, 6) is 4.95. The monoisotopic (exact) mass is 280 g/mol. The van der Waals surface area contributed by atoms with Gasteiger partial charge in [-0.1, -0.05) is 0 Å². The third-order valence-electron chi connectivity index (χ3n) is 4.07. The maximum atomic E-state index is 11.4. The van der Waals surface area contributed by atoms with Crippen molar-refractivity contribution in [1.29, 1.82) is 0 Å². The molecule has 1 unspecified atom stereocenters. The molecule has 2 saturated heterocycles. The maximum absolute atomic E-state index is 11.4. The minimum Gasteiger partial charge on any atom is -0.298 e. The van der Waals surface area contributed by atoms with Crippen molar-refractivity contribution < 1.29 is 4.79 Å². The number of carbonyl (C=O) groups is 1. The number of nitrogen functional groups attached to an aromatic ring is 1. The quantitative estimate of drug-likeness (QED) is 0.484. The molecule has 1 aromatic heterocycles. The first-order valence-electron chi connectivity index (χ1n) is 6.82. The molecule has 0 aromatic carbocycles. The third-order valence-corrected chi connectivity index (χ3v) is 5.14. The minimum atomic E-state index is -0.197. The number of hydrogen-bond donors (Lipinski definition) is 2. The Morgan fingerprint density at radius 1 is 1.42 bits per heavy atom. The number of nitrogens with two attached hydrogens (primary N) is 1. The van der Waals surface area contributed by atoms with Crippen LogP contribution in [0.1, 0.15) is 27.4 Å². The third kappa shape index (κ3) is 2.81. The fourth-order valence-corrected chi connectivity index (χ4v) is 4.03. The van der Waals surface area contributed by atoms with E-state index in [0.29, 0.717) is 4.88 Å². The van der Waals surface area contributed by atoms with E-state index in [2.05, 4.69) is 15.2 Å². The average molecular weight is 280 g/mol. The standard InChI is InChI=1S/C13H20N4OS/c14-15-13(18)12-4-3-11(19-12)9-16-6-7-17-5-1-2-10(17)8-16/h3-4,10H,1-2,5-9,14H2,(H,15,18). The van der Waals surface area contributed by atoms with Gasteiger partial charge in [-0.3, -0.25) is 20.0 Å². The molecule has 2 aliphatic rings. The van der Waals surface area contributed by atoms with Crippen LogP contribution in [0.5, 0.6) is 0 Å². The highest BCUT2D eigenvalue weighted by Gasteiger charge is 2.30. The summed E-state index contributed by atoms with van der Waals surface area (Å²) in [5, 5.41) is 0. The molecule has 1 atom stereocenters. The Morgan fingerprint density at radius 2 is 2.32 bits per heavy atom. The van der Waals surface area contributed by atoms with Crippen LogP contribution in [-0.2, 0) is 6.54 Å². The zero-order valence-corrected chi connectivity index (χ0v) is 11.8. The van der Waals surface area contributed by atoms with Crippen molar-refractivity contribution in [3.05, 3.63) is 21.9 Å². The molecule has 1 aromatic rings. The number of hydrazine groups is 1. The van der Waals surface area contributed by atoms with E-state index in [1.165, 1.54) is 42.1 Å². The van der Waals surface area contributed by atoms with Gasteiger partial charge in [-0.2, -0.15) is 0 Å². The van der Waals surface area contributed by atoms with E-state index in [9.17, 15) is 4.79 Å². The van der Waals surface area contributed by atoms with Gasteiger partial charge in [0.25, 0.3) is 5.91 Å². The highest BCUT2D eigenvalue weighted by atomic mass is 32.1. The summed E-state index contributed by atoms with van der Waals surface area (Å²) < 4.78 is 0. The molecule has 3 N–H and O–H groups in total. The molecule has 6 heteroatoms. The molecular formula is C13H20N4OS. The van der Waals surface area contributed by atoms with Gasteiger partial charge < -0.3 is 0 Å². The molecule has 3 rings (SSSR count). The number of amides is 1. The Bertz CT molecular complexity index is 461. The number of rotatable bonds is 3. The van der Waals surface area contributed by atoms with Crippen LogP contribution in [0.15, 0.2) is 12.1 Å². The Kier molecular flexibility index (Phi) is 3.83. The molecule has 0 aliphatic carbocycles. The van der Waals surface area contributed by atoms with Gasteiger partial charge in [-0.25, -0.2) is 5.84 Å². The lowest BCUT2D eigenvalue weighted by molar-refractivity contribution is 0.0957. The maximum Gasteiger partial charge on any atom is 0.275 e. The van der Waals surface area contributed by atoms with Crippen LogP contribution >= 0.6 is 11.3 Å². The van der Waals surface area contributed by atoms with E-state index in [1.807, 2.05) is 12.1 Å². The van der Waals surface area contributed by atoms with Crippen LogP contribution in [0.2, 0.25) is 0 Å². The van der Waals surface area contributed by atoms with Crippen molar-refractivity contribution in [3.63, 3.8) is 0 Å². The van der Waals surface area contributed by atoms with Crippen LogP contribution in [0.25, 0.3) is 0 Å². The Labute approximate surface area is 117 Å². The lowest BCUT2D eigenvalue weighted by Crippen LogP contribution is -2.49. The average Bonchev–Trinajstić information content (AvgIpc) is 3.06. The van der Waals surface area contributed by atoms with Crippen LogP contribution in [0.3, 0.4) is 0 Å². The van der Waals surface area contributed by atoms with Gasteiger partial charge >= 0.3 is 0 Å². The molecule has 0 spiro atoms. The van der Waals surface area contributed by atoms with Crippen LogP contribution in [0, 0.1) is 0 Å². The van der Waals surface area contributed by atoms with Crippen LogP contribution in [0.4, 0.5) is 0 Å². The zero-order chi connectivity index (χ0) is 13.2. The number of nitrogens with zero attached hydrogens (tertiary/aromatic N) is 2. The largest absolute Gasteiger partial charge is 0.298 e. The SMILES string of the molecule is NNC(=O)c1ccc(CN2CCN3CCCC3C2)s1. The summed E-state index contributed by atoms with van der Waals surface area (Å²) in [4.78, 5) is 18.5. The molecular weight excluding hydrogens is 260 g/mol. The number of fused-ring (bicyclic) bond motifs is 1. The van der Waals surface area contributed by atoms with Gasteiger partial charge in [0.15, 0.2) is 0 Å². The van der Waals surface area contributed by atoms with Gasteiger partial charge in [0.05, 0.1) is 4.88 Å². The Balaban J connectivity index is 1.59. The predicted octanol–water partition coefficient (Wildman–Crippen LogP) is 0.632. The van der Waals surface area contributed by atoms with Gasteiger partial charge in [-0.15, -0.1) is 11.3 Å². The first kappa shape index (κ1) is 13.1. The smallest absolute Gasteiger partial charge is 0.275 e. The first-order chi connectivity index (χ1) is 9.26. The molecule has 104 valence electrons. The minimum absolute atomic E-state index is 0.197. The van der Waals surface area contributed by atoms with E-state index in [-0.39, 0.29) is 5.91 Å². The molecule has 0 saturated carbocycles. The summed E-state index contributed by atoms with van der Waals surface area (Å²) in [6.07, 6.45) is 2.68. The van der Waals surface area contributed by atoms with Crippen LogP contribution < -0.4 is 11.3 Å². The summed E-state index contributed by atoms with van der Waals surface area (Å²) in [6, 6.07) is 4.64. The first-order valence-corrected chi connectivity index (χ1v) is 7.64. The molecule has 5 nitrogen and oxygen atoms in total. The Morgan fingerprint density at radius 3 is 3.16 bits per heavy atom. The number of carbonyl (C=O) groups excluding carboxylic acids is 1. The molecule has 2 fully saturated rings. The van der Waals surface area contributed by atoms with Crippen molar-refractivity contribution in [2.24, 2.45) is 5.84 Å². The van der Waals surface area contributed by atoms with E-state index < -0.39 is 0 Å². The number of hydrogen-bond acceptors (Lipinski definition) is 5. The number of nitrogens with one attached hydrogen (secondary N) is 1. The van der Waals surface area contributed by atoms with Crippen molar-refractivity contribution in [3.8, 4) is 0 Å². The second-order valence-corrected chi connectivity index (χ2v) is 6.47. The second kappa shape index (κ2) is 5.58. The van der Waals surface area contributed by atoms with Crippen molar-refractivity contribution in [1.82, 2.24) is 15.2 Å². The molecule has 19 heavy (non-hydrogen) atoms. The summed E-state index contributed by atoms with van der Waals surface area (Å²) in [5.41, 5.74) is 2.18. The van der Waals surface area contributed by atoms with Gasteiger partial charge in [0.2, 0.25) is 0 Å². The number of thiophene rings is 1. The molecule has 0 radical (unpaired) electrons. The summed E-state index contributed by atoms with van der Waals surface area (Å²) in [7, 11) is 0. The van der Waals surface area contributed by atoms with Gasteiger partial charge in [0.1, 0.15) is 0 Å². The predicted molar refractivity (Wildman–Crippen MR) is 75.8 cm³/mol. The van der Waals surface area contributed by atoms with E-state index in [4.69, 9.17) is 5.84 Å². The van der Waals surface area contributed by atoms with Crippen molar-refractivity contribution in [2.45, 2.75) is 25.4 Å². The molecule has 0 bridgehead atoms. The van der Waals surface area contributed by atoms with Crippen molar-refractivity contribution in [2.75, 3.05) is 26.2 Å². The summed E-state index contributed by atoms with van der Waals surface area (Å²) in [6.45, 7) is 5.71. The molecule has 3 heterocycles. The number of piperazine rings is 1. The van der Waals surface area contributed by atoms with Crippen LogP contribution in [-0.4, -0.2) is 47.9 Å². The van der Waals surface area contributed by atoms with Gasteiger partial charge in [0, 0.05) is 37.1 Å². The Hall–Kier alpha value is -0.950. The normalized spacial score (nSPS) is 24.4. The fourth-order valence-electron chi connectivity index (χ4n) is 3.08. The lowest BCUT2D eigenvalue weighted by atomic mass is 10.1. The van der Waals surface area contributed by atoms with Gasteiger partial charge in [-0.05, 0) is 31.5 Å². The molecule has 1 amide bonds. The van der Waals surface area contributed by atoms with E-state index in [0.717, 1.165) is 25.7 Å². The van der Waals surface area contributed by atoms with Crippen molar-refractivity contribution >= 4 is 17.2 Å². The van der Waals surface area contributed by atoms with E-state index in [1.54, 1.807) is 0 Å². The van der Waals surface area contributed by atoms with E-state index >= 15 is 0 Å². The summed E-state index contributed by atoms with van der Waals surface area (Å²) >= 11 is 1.54. The zero-order valence-electron chi connectivity index (χ0n) is 11.0. The highest BCUT2D eigenvalue weighted by molar-refractivity contribution is 7.14.